The van der Waals surface area contributed by atoms with E-state index in [1.807, 2.05) is 0 Å². The van der Waals surface area contributed by atoms with Gasteiger partial charge in [0.1, 0.15) is 0 Å². The first-order valence-electron chi connectivity index (χ1n) is 7.26. The molecule has 0 radical (unpaired) electrons. The normalized spacial score (nSPS) is 22.2. The molecular formula is C14H29ClN2. The minimum absolute atomic E-state index is 0.768. The Hall–Kier alpha value is 0.210. The average Bonchev–Trinajstić information content (AvgIpc) is 2.34. The summed E-state index contributed by atoms with van der Waals surface area (Å²) in [5, 5.41) is 0. The molecule has 0 spiro atoms. The number of unbranched alkanes of at least 4 members (excludes halogenated alkanes) is 1. The van der Waals surface area contributed by atoms with Crippen molar-refractivity contribution in [2.24, 2.45) is 0 Å². The highest BCUT2D eigenvalue weighted by Crippen LogP contribution is 2.18. The molecule has 0 aromatic carbocycles. The fourth-order valence-electron chi connectivity index (χ4n) is 2.68. The molecule has 0 aliphatic carbocycles. The molecule has 0 aromatic heterocycles. The molecule has 1 atom stereocenters. The zero-order chi connectivity index (χ0) is 12.5. The standard InChI is InChI=1S/C14H29ClN2/c1-3-4-11-17(13-9-15)12-8-14-7-5-6-10-16(14)2/h14H,3-13H2,1-2H3. The van der Waals surface area contributed by atoms with Crippen molar-refractivity contribution in [3.63, 3.8) is 0 Å². The van der Waals surface area contributed by atoms with E-state index in [1.165, 1.54) is 58.2 Å². The molecule has 0 amide bonds. The van der Waals surface area contributed by atoms with Gasteiger partial charge in [0.05, 0.1) is 0 Å². The topological polar surface area (TPSA) is 6.48 Å². The Labute approximate surface area is 112 Å². The summed E-state index contributed by atoms with van der Waals surface area (Å²) in [5.41, 5.74) is 0. The van der Waals surface area contributed by atoms with Gasteiger partial charge in [-0.05, 0) is 52.4 Å². The Morgan fingerprint density at radius 1 is 1.24 bits per heavy atom. The molecule has 1 heterocycles. The Bertz CT molecular complexity index is 187. The van der Waals surface area contributed by atoms with Gasteiger partial charge in [-0.1, -0.05) is 19.8 Å². The molecule has 0 saturated carbocycles. The fraction of sp³-hybridized carbons (Fsp3) is 1.00. The van der Waals surface area contributed by atoms with Gasteiger partial charge < -0.3 is 9.80 Å². The van der Waals surface area contributed by atoms with Gasteiger partial charge in [0.2, 0.25) is 0 Å². The van der Waals surface area contributed by atoms with Crippen molar-refractivity contribution in [2.45, 2.75) is 51.5 Å². The SMILES string of the molecule is CCCCN(CCCl)CCC1CCCCN1C. The lowest BCUT2D eigenvalue weighted by Crippen LogP contribution is -2.39. The van der Waals surface area contributed by atoms with E-state index in [0.29, 0.717) is 0 Å². The van der Waals surface area contributed by atoms with Crippen LogP contribution in [0, 0.1) is 0 Å². The van der Waals surface area contributed by atoms with E-state index in [2.05, 4.69) is 23.8 Å². The number of rotatable bonds is 8. The summed E-state index contributed by atoms with van der Waals surface area (Å²) in [5.74, 6) is 0.768. The second kappa shape index (κ2) is 9.18. The quantitative estimate of drug-likeness (QED) is 0.619. The van der Waals surface area contributed by atoms with E-state index < -0.39 is 0 Å². The number of hydrogen-bond donors (Lipinski definition) is 0. The van der Waals surface area contributed by atoms with Gasteiger partial charge in [-0.15, -0.1) is 11.6 Å². The highest BCUT2D eigenvalue weighted by atomic mass is 35.5. The summed E-state index contributed by atoms with van der Waals surface area (Å²) in [7, 11) is 2.28. The lowest BCUT2D eigenvalue weighted by molar-refractivity contribution is 0.155. The lowest BCUT2D eigenvalue weighted by atomic mass is 10.00. The number of nitrogens with zero attached hydrogens (tertiary/aromatic N) is 2. The average molecular weight is 261 g/mol. The maximum absolute atomic E-state index is 5.87. The van der Waals surface area contributed by atoms with Gasteiger partial charge in [0, 0.05) is 18.5 Å². The molecule has 1 rings (SSSR count). The van der Waals surface area contributed by atoms with E-state index in [1.54, 1.807) is 0 Å². The van der Waals surface area contributed by atoms with Crippen LogP contribution in [0.1, 0.15) is 45.4 Å². The summed E-state index contributed by atoms with van der Waals surface area (Å²) >= 11 is 5.87. The van der Waals surface area contributed by atoms with E-state index >= 15 is 0 Å². The number of likely N-dealkylation sites (tertiary alicyclic amines) is 1. The van der Waals surface area contributed by atoms with Crippen LogP contribution < -0.4 is 0 Å². The highest BCUT2D eigenvalue weighted by Gasteiger charge is 2.19. The predicted octanol–water partition coefficient (Wildman–Crippen LogP) is 3.20. The molecular weight excluding hydrogens is 232 g/mol. The molecule has 0 aromatic rings. The summed E-state index contributed by atoms with van der Waals surface area (Å²) in [4.78, 5) is 5.08. The van der Waals surface area contributed by atoms with E-state index in [4.69, 9.17) is 11.6 Å². The lowest BCUT2D eigenvalue weighted by Gasteiger charge is -2.34. The van der Waals surface area contributed by atoms with Crippen LogP contribution in [0.4, 0.5) is 0 Å². The number of hydrogen-bond acceptors (Lipinski definition) is 2. The number of halogens is 1. The van der Waals surface area contributed by atoms with Crippen molar-refractivity contribution in [2.75, 3.05) is 39.1 Å². The molecule has 0 bridgehead atoms. The first-order chi connectivity index (χ1) is 8.27. The molecule has 2 nitrogen and oxygen atoms in total. The summed E-state index contributed by atoms with van der Waals surface area (Å²) < 4.78 is 0. The Kier molecular flexibility index (Phi) is 8.25. The zero-order valence-electron chi connectivity index (χ0n) is 11.6. The molecule has 102 valence electrons. The van der Waals surface area contributed by atoms with Crippen molar-refractivity contribution in [1.29, 1.82) is 0 Å². The number of piperidine rings is 1. The minimum atomic E-state index is 0.768. The summed E-state index contributed by atoms with van der Waals surface area (Å²) in [6, 6.07) is 0.809. The molecule has 3 heteroatoms. The largest absolute Gasteiger partial charge is 0.303 e. The second-order valence-electron chi connectivity index (χ2n) is 5.30. The maximum Gasteiger partial charge on any atom is 0.0351 e. The summed E-state index contributed by atoms with van der Waals surface area (Å²) in [6.07, 6.45) is 8.09. The third kappa shape index (κ3) is 6.08. The molecule has 1 fully saturated rings. The Morgan fingerprint density at radius 3 is 2.71 bits per heavy atom. The van der Waals surface area contributed by atoms with Crippen LogP contribution in [0.25, 0.3) is 0 Å². The minimum Gasteiger partial charge on any atom is -0.303 e. The molecule has 1 aliphatic heterocycles. The summed E-state index contributed by atoms with van der Waals surface area (Å²) in [6.45, 7) is 7.04. The smallest absolute Gasteiger partial charge is 0.0351 e. The van der Waals surface area contributed by atoms with E-state index in [-0.39, 0.29) is 0 Å². The fourth-order valence-corrected chi connectivity index (χ4v) is 2.92. The second-order valence-corrected chi connectivity index (χ2v) is 5.68. The van der Waals surface area contributed by atoms with Crippen LogP contribution in [0.2, 0.25) is 0 Å². The third-order valence-electron chi connectivity index (χ3n) is 3.93. The maximum atomic E-state index is 5.87. The first kappa shape index (κ1) is 15.3. The van der Waals surface area contributed by atoms with E-state index in [0.717, 1.165) is 18.5 Å². The van der Waals surface area contributed by atoms with Gasteiger partial charge in [0.25, 0.3) is 0 Å². The van der Waals surface area contributed by atoms with Crippen LogP contribution in [0.5, 0.6) is 0 Å². The first-order valence-corrected chi connectivity index (χ1v) is 7.80. The zero-order valence-corrected chi connectivity index (χ0v) is 12.4. The van der Waals surface area contributed by atoms with Gasteiger partial charge in [-0.3, -0.25) is 0 Å². The number of alkyl halides is 1. The van der Waals surface area contributed by atoms with E-state index in [9.17, 15) is 0 Å². The van der Waals surface area contributed by atoms with Gasteiger partial charge >= 0.3 is 0 Å². The van der Waals surface area contributed by atoms with Crippen molar-refractivity contribution in [3.05, 3.63) is 0 Å². The van der Waals surface area contributed by atoms with Crippen LogP contribution in [0.15, 0.2) is 0 Å². The van der Waals surface area contributed by atoms with Gasteiger partial charge in [0.15, 0.2) is 0 Å². The van der Waals surface area contributed by atoms with Crippen LogP contribution >= 0.6 is 11.6 Å². The molecule has 0 N–H and O–H groups in total. The van der Waals surface area contributed by atoms with Crippen molar-refractivity contribution < 1.29 is 0 Å². The van der Waals surface area contributed by atoms with Gasteiger partial charge in [-0.2, -0.15) is 0 Å². The van der Waals surface area contributed by atoms with Crippen LogP contribution in [0.3, 0.4) is 0 Å². The monoisotopic (exact) mass is 260 g/mol. The van der Waals surface area contributed by atoms with Gasteiger partial charge in [-0.25, -0.2) is 0 Å². The van der Waals surface area contributed by atoms with Crippen LogP contribution in [-0.4, -0.2) is 54.9 Å². The Morgan fingerprint density at radius 2 is 2.06 bits per heavy atom. The highest BCUT2D eigenvalue weighted by molar-refractivity contribution is 6.18. The molecule has 1 unspecified atom stereocenters. The predicted molar refractivity (Wildman–Crippen MR) is 77.0 cm³/mol. The Balaban J connectivity index is 2.23. The molecule has 1 saturated heterocycles. The molecule has 17 heavy (non-hydrogen) atoms. The van der Waals surface area contributed by atoms with Crippen molar-refractivity contribution in [3.8, 4) is 0 Å². The molecule has 1 aliphatic rings. The third-order valence-corrected chi connectivity index (χ3v) is 4.10. The van der Waals surface area contributed by atoms with Crippen molar-refractivity contribution in [1.82, 2.24) is 9.80 Å². The van der Waals surface area contributed by atoms with Crippen molar-refractivity contribution >= 4 is 11.6 Å². The van der Waals surface area contributed by atoms with Crippen LogP contribution in [-0.2, 0) is 0 Å².